The van der Waals surface area contributed by atoms with Gasteiger partial charge in [-0.3, -0.25) is 9.59 Å². The highest BCUT2D eigenvalue weighted by atomic mass is 16.4. The number of benzene rings is 1. The lowest BCUT2D eigenvalue weighted by molar-refractivity contribution is -0.138. The van der Waals surface area contributed by atoms with Gasteiger partial charge in [-0.2, -0.15) is 0 Å². The summed E-state index contributed by atoms with van der Waals surface area (Å²) in [4.78, 5) is 21.9. The van der Waals surface area contributed by atoms with E-state index in [1.807, 2.05) is 19.1 Å². The molecule has 1 aliphatic heterocycles. The Morgan fingerprint density at radius 1 is 1.42 bits per heavy atom. The minimum absolute atomic E-state index is 0.0790. The van der Waals surface area contributed by atoms with E-state index in [4.69, 9.17) is 5.11 Å². The van der Waals surface area contributed by atoms with Crippen molar-refractivity contribution in [3.63, 3.8) is 0 Å². The van der Waals surface area contributed by atoms with Gasteiger partial charge < -0.3 is 10.4 Å². The van der Waals surface area contributed by atoms with Crippen molar-refractivity contribution >= 4 is 17.6 Å². The molecule has 102 valence electrons. The van der Waals surface area contributed by atoms with Crippen LogP contribution in [0, 0.1) is 5.92 Å². The zero-order chi connectivity index (χ0) is 13.8. The van der Waals surface area contributed by atoms with E-state index in [-0.39, 0.29) is 18.2 Å². The van der Waals surface area contributed by atoms with Crippen LogP contribution in [-0.4, -0.2) is 17.0 Å². The number of carbonyl (C=O) groups excluding carboxylic acids is 1. The number of hydrogen-bond acceptors (Lipinski definition) is 2. The minimum atomic E-state index is -0.736. The molecule has 0 saturated carbocycles. The first kappa shape index (κ1) is 13.6. The quantitative estimate of drug-likeness (QED) is 0.856. The Kier molecular flexibility index (Phi) is 4.20. The summed E-state index contributed by atoms with van der Waals surface area (Å²) in [5.41, 5.74) is 3.31. The van der Waals surface area contributed by atoms with Gasteiger partial charge in [-0.05, 0) is 42.4 Å². The molecule has 0 saturated heterocycles. The smallest absolute Gasteiger partial charge is 0.303 e. The number of anilines is 1. The monoisotopic (exact) mass is 261 g/mol. The molecular formula is C15H19NO3. The third-order valence-corrected chi connectivity index (χ3v) is 3.51. The number of hydrogen-bond donors (Lipinski definition) is 2. The second-order valence-corrected chi connectivity index (χ2v) is 5.28. The lowest BCUT2D eigenvalue weighted by Crippen LogP contribution is -2.19. The van der Waals surface area contributed by atoms with Crippen molar-refractivity contribution in [3.05, 3.63) is 29.3 Å². The van der Waals surface area contributed by atoms with E-state index in [2.05, 4.69) is 11.4 Å². The normalized spacial score (nSPS) is 15.5. The summed E-state index contributed by atoms with van der Waals surface area (Å²) in [5, 5.41) is 11.6. The van der Waals surface area contributed by atoms with Gasteiger partial charge in [0, 0.05) is 18.5 Å². The van der Waals surface area contributed by atoms with Crippen molar-refractivity contribution in [2.45, 2.75) is 39.0 Å². The van der Waals surface area contributed by atoms with Gasteiger partial charge in [0.2, 0.25) is 5.91 Å². The molecule has 1 aliphatic rings. The summed E-state index contributed by atoms with van der Waals surface area (Å²) in [7, 11) is 0. The van der Waals surface area contributed by atoms with E-state index in [0.29, 0.717) is 6.42 Å². The number of carbonyl (C=O) groups is 2. The number of amides is 1. The summed E-state index contributed by atoms with van der Waals surface area (Å²) in [6.07, 6.45) is 3.32. The summed E-state index contributed by atoms with van der Waals surface area (Å²) in [5.74, 6) is -0.468. The average molecular weight is 261 g/mol. The van der Waals surface area contributed by atoms with Crippen LogP contribution in [0.15, 0.2) is 18.2 Å². The van der Waals surface area contributed by atoms with Gasteiger partial charge in [0.05, 0.1) is 0 Å². The van der Waals surface area contributed by atoms with Gasteiger partial charge >= 0.3 is 5.97 Å². The van der Waals surface area contributed by atoms with Crippen molar-refractivity contribution in [1.29, 1.82) is 0 Å². The van der Waals surface area contributed by atoms with Crippen molar-refractivity contribution < 1.29 is 14.7 Å². The fourth-order valence-electron chi connectivity index (χ4n) is 2.41. The lowest BCUT2D eigenvalue weighted by atomic mass is 9.95. The highest BCUT2D eigenvalue weighted by molar-refractivity contribution is 5.93. The standard InChI is InChI=1S/C15H19NO3/c1-10(8-15(18)19)2-3-11-4-6-13-12(9-11)5-7-14(17)16-13/h4,6,9-10H,2-3,5,7-8H2,1H3,(H,16,17)(H,18,19). The first-order valence-electron chi connectivity index (χ1n) is 6.68. The van der Waals surface area contributed by atoms with E-state index >= 15 is 0 Å². The summed E-state index contributed by atoms with van der Waals surface area (Å²) >= 11 is 0. The molecule has 0 fully saturated rings. The number of nitrogens with one attached hydrogen (secondary N) is 1. The molecule has 1 aromatic rings. The predicted molar refractivity (Wildman–Crippen MR) is 73.1 cm³/mol. The van der Waals surface area contributed by atoms with Gasteiger partial charge in [0.25, 0.3) is 0 Å². The Hall–Kier alpha value is -1.84. The molecule has 1 atom stereocenters. The Morgan fingerprint density at radius 2 is 2.21 bits per heavy atom. The maximum Gasteiger partial charge on any atom is 0.303 e. The largest absolute Gasteiger partial charge is 0.481 e. The molecule has 0 bridgehead atoms. The van der Waals surface area contributed by atoms with Crippen LogP contribution in [0.5, 0.6) is 0 Å². The molecule has 2 N–H and O–H groups in total. The molecule has 0 radical (unpaired) electrons. The third-order valence-electron chi connectivity index (χ3n) is 3.51. The van der Waals surface area contributed by atoms with Gasteiger partial charge in [-0.1, -0.05) is 19.1 Å². The number of carboxylic acid groups (broad SMARTS) is 1. The second kappa shape index (κ2) is 5.87. The first-order valence-corrected chi connectivity index (χ1v) is 6.68. The van der Waals surface area contributed by atoms with Crippen LogP contribution in [-0.2, 0) is 22.4 Å². The number of fused-ring (bicyclic) bond motifs is 1. The summed E-state index contributed by atoms with van der Waals surface area (Å²) < 4.78 is 0. The Morgan fingerprint density at radius 3 is 2.95 bits per heavy atom. The van der Waals surface area contributed by atoms with Crippen LogP contribution in [0.2, 0.25) is 0 Å². The molecule has 1 aromatic carbocycles. The van der Waals surface area contributed by atoms with Crippen molar-refractivity contribution in [2.75, 3.05) is 5.32 Å². The number of aryl methyl sites for hydroxylation is 2. The molecule has 4 heteroatoms. The van der Waals surface area contributed by atoms with Crippen molar-refractivity contribution in [1.82, 2.24) is 0 Å². The van der Waals surface area contributed by atoms with Gasteiger partial charge in [0.15, 0.2) is 0 Å². The Bertz CT molecular complexity index is 496. The molecule has 0 aliphatic carbocycles. The maximum absolute atomic E-state index is 11.3. The molecule has 4 nitrogen and oxygen atoms in total. The van der Waals surface area contributed by atoms with E-state index in [1.54, 1.807) is 0 Å². The van der Waals surface area contributed by atoms with Gasteiger partial charge in [0.1, 0.15) is 0 Å². The average Bonchev–Trinajstić information content (AvgIpc) is 2.35. The van der Waals surface area contributed by atoms with E-state index < -0.39 is 5.97 Å². The second-order valence-electron chi connectivity index (χ2n) is 5.28. The summed E-state index contributed by atoms with van der Waals surface area (Å²) in [6, 6.07) is 6.09. The molecular weight excluding hydrogens is 242 g/mol. The molecule has 1 unspecified atom stereocenters. The number of rotatable bonds is 5. The van der Waals surface area contributed by atoms with Crippen molar-refractivity contribution in [3.8, 4) is 0 Å². The van der Waals surface area contributed by atoms with Gasteiger partial charge in [-0.15, -0.1) is 0 Å². The molecule has 1 amide bonds. The van der Waals surface area contributed by atoms with Crippen LogP contribution in [0.1, 0.15) is 37.3 Å². The minimum Gasteiger partial charge on any atom is -0.481 e. The molecule has 0 aromatic heterocycles. The number of carboxylic acids is 1. The molecule has 2 rings (SSSR count). The number of aliphatic carboxylic acids is 1. The highest BCUT2D eigenvalue weighted by Crippen LogP contribution is 2.24. The molecule has 19 heavy (non-hydrogen) atoms. The van der Waals surface area contributed by atoms with Crippen LogP contribution in [0.4, 0.5) is 5.69 Å². The van der Waals surface area contributed by atoms with Crippen molar-refractivity contribution in [2.24, 2.45) is 5.92 Å². The van der Waals surface area contributed by atoms with Gasteiger partial charge in [-0.25, -0.2) is 0 Å². The predicted octanol–water partition coefficient (Wildman–Crippen LogP) is 2.61. The molecule has 1 heterocycles. The van der Waals surface area contributed by atoms with E-state index in [1.165, 1.54) is 11.1 Å². The van der Waals surface area contributed by atoms with E-state index in [9.17, 15) is 9.59 Å². The first-order chi connectivity index (χ1) is 9.04. The van der Waals surface area contributed by atoms with Crippen LogP contribution in [0.25, 0.3) is 0 Å². The zero-order valence-electron chi connectivity index (χ0n) is 11.1. The fraction of sp³-hybridized carbons (Fsp3) is 0.467. The van der Waals surface area contributed by atoms with Crippen LogP contribution in [0.3, 0.4) is 0 Å². The lowest BCUT2D eigenvalue weighted by Gasteiger charge is -2.18. The Labute approximate surface area is 112 Å². The third kappa shape index (κ3) is 3.81. The zero-order valence-corrected chi connectivity index (χ0v) is 11.1. The van der Waals surface area contributed by atoms with Crippen LogP contribution < -0.4 is 5.32 Å². The fourth-order valence-corrected chi connectivity index (χ4v) is 2.41. The van der Waals surface area contributed by atoms with Crippen LogP contribution >= 0.6 is 0 Å². The topological polar surface area (TPSA) is 66.4 Å². The maximum atomic E-state index is 11.3. The highest BCUT2D eigenvalue weighted by Gasteiger charge is 2.15. The SMILES string of the molecule is CC(CCc1ccc2c(c1)CCC(=O)N2)CC(=O)O. The summed E-state index contributed by atoms with van der Waals surface area (Å²) in [6.45, 7) is 1.97. The van der Waals surface area contributed by atoms with E-state index in [0.717, 1.165) is 24.9 Å². The molecule has 0 spiro atoms. The Balaban J connectivity index is 1.95.